The normalized spacial score (nSPS) is 15.8. The summed E-state index contributed by atoms with van der Waals surface area (Å²) >= 11 is 0. The fraction of sp³-hybridized carbons (Fsp3) is 0.421. The van der Waals surface area contributed by atoms with Gasteiger partial charge in [-0.2, -0.15) is 5.10 Å². The van der Waals surface area contributed by atoms with Crippen molar-refractivity contribution < 1.29 is 19.0 Å². The quantitative estimate of drug-likeness (QED) is 0.269. The number of nitrogens with one attached hydrogen (secondary N) is 1. The topological polar surface area (TPSA) is 93.5 Å². The van der Waals surface area contributed by atoms with E-state index in [1.54, 1.807) is 22.8 Å². The van der Waals surface area contributed by atoms with Crippen LogP contribution in [0.25, 0.3) is 0 Å². The van der Waals surface area contributed by atoms with Crippen molar-refractivity contribution in [1.29, 1.82) is 0 Å². The minimum atomic E-state index is 0. The number of fused-ring (bicyclic) bond motifs is 1. The molecule has 1 aromatic heterocycles. The van der Waals surface area contributed by atoms with E-state index in [0.717, 1.165) is 11.4 Å². The molecule has 4 rings (SSSR count). The number of piperazine rings is 1. The van der Waals surface area contributed by atoms with Gasteiger partial charge in [-0.15, -0.1) is 24.0 Å². The van der Waals surface area contributed by atoms with Crippen molar-refractivity contribution in [3.05, 3.63) is 30.6 Å². The van der Waals surface area contributed by atoms with E-state index >= 15 is 0 Å². The van der Waals surface area contributed by atoms with Gasteiger partial charge in [-0.05, 0) is 12.1 Å². The maximum Gasteiger partial charge on any atom is 0.246 e. The molecule has 0 saturated carbocycles. The van der Waals surface area contributed by atoms with Gasteiger partial charge >= 0.3 is 0 Å². The van der Waals surface area contributed by atoms with E-state index in [0.29, 0.717) is 43.7 Å². The van der Waals surface area contributed by atoms with E-state index in [1.165, 1.54) is 0 Å². The molecule has 0 bridgehead atoms. The zero-order chi connectivity index (χ0) is 20.2. The van der Waals surface area contributed by atoms with E-state index < -0.39 is 0 Å². The number of halogens is 1. The Balaban J connectivity index is 0.00000256. The Morgan fingerprint density at radius 1 is 1.30 bits per heavy atom. The van der Waals surface area contributed by atoms with Crippen molar-refractivity contribution >= 4 is 41.5 Å². The number of amides is 1. The molecule has 0 unspecified atom stereocenters. The Bertz CT molecular complexity index is 918. The second-order valence-electron chi connectivity index (χ2n) is 6.68. The van der Waals surface area contributed by atoms with Gasteiger partial charge in [0.15, 0.2) is 17.5 Å². The maximum atomic E-state index is 12.6. The average molecular weight is 528 g/mol. The molecule has 2 aliphatic rings. The highest BCUT2D eigenvalue weighted by molar-refractivity contribution is 14.0. The Morgan fingerprint density at radius 3 is 2.87 bits per heavy atom. The number of ether oxygens (including phenoxy) is 3. The summed E-state index contributed by atoms with van der Waals surface area (Å²) in [5, 5.41) is 7.38. The monoisotopic (exact) mass is 528 g/mol. The van der Waals surface area contributed by atoms with Crippen LogP contribution >= 0.6 is 24.0 Å². The van der Waals surface area contributed by atoms with Crippen LogP contribution < -0.4 is 24.4 Å². The molecule has 1 aromatic carbocycles. The van der Waals surface area contributed by atoms with Gasteiger partial charge < -0.3 is 29.3 Å². The van der Waals surface area contributed by atoms with Crippen LogP contribution in [0, 0.1) is 0 Å². The minimum Gasteiger partial charge on any atom is -0.492 e. The predicted molar refractivity (Wildman–Crippen MR) is 122 cm³/mol. The predicted octanol–water partition coefficient (Wildman–Crippen LogP) is 1.07. The lowest BCUT2D eigenvalue weighted by atomic mass is 10.3. The third kappa shape index (κ3) is 4.89. The molecular formula is C19H25IN6O4. The SMILES string of the molecule is CN=C(NCCOc1ccc2c(c1)OCO2)N1CCN(c2cnn(C)c2)C(=O)C1.I. The molecule has 1 N–H and O–H groups in total. The number of guanidine groups is 1. The fourth-order valence-electron chi connectivity index (χ4n) is 3.31. The van der Waals surface area contributed by atoms with Crippen LogP contribution in [0.15, 0.2) is 35.6 Å². The van der Waals surface area contributed by atoms with Crippen LogP contribution in [0.5, 0.6) is 17.2 Å². The molecule has 2 aromatic rings. The smallest absolute Gasteiger partial charge is 0.246 e. The van der Waals surface area contributed by atoms with Crippen LogP contribution in [0.1, 0.15) is 0 Å². The molecule has 0 spiro atoms. The Morgan fingerprint density at radius 2 is 2.13 bits per heavy atom. The number of rotatable bonds is 5. The standard InChI is InChI=1S/C19H24N6O4.HI/c1-20-19(21-5-8-27-15-3-4-16-17(9-15)29-13-28-16)24-6-7-25(18(26)12-24)14-10-22-23(2)11-14;/h3-4,9-11H,5-8,12-13H2,1-2H3,(H,20,21);1H. The van der Waals surface area contributed by atoms with E-state index in [1.807, 2.05) is 36.3 Å². The molecule has 1 fully saturated rings. The van der Waals surface area contributed by atoms with Gasteiger partial charge in [0.2, 0.25) is 12.7 Å². The number of benzene rings is 1. The number of hydrogen-bond donors (Lipinski definition) is 1. The van der Waals surface area contributed by atoms with Crippen LogP contribution in [0.3, 0.4) is 0 Å². The summed E-state index contributed by atoms with van der Waals surface area (Å²) in [6.45, 7) is 2.77. The molecule has 10 nitrogen and oxygen atoms in total. The van der Waals surface area contributed by atoms with E-state index in [4.69, 9.17) is 14.2 Å². The zero-order valence-corrected chi connectivity index (χ0v) is 19.2. The lowest BCUT2D eigenvalue weighted by Crippen LogP contribution is -2.55. The van der Waals surface area contributed by atoms with Crippen molar-refractivity contribution in [2.45, 2.75) is 0 Å². The minimum absolute atomic E-state index is 0. The lowest BCUT2D eigenvalue weighted by molar-refractivity contribution is -0.120. The first-order chi connectivity index (χ1) is 14.1. The molecular weight excluding hydrogens is 503 g/mol. The third-order valence-corrected chi connectivity index (χ3v) is 4.73. The number of nitrogens with zero attached hydrogens (tertiary/aromatic N) is 5. The highest BCUT2D eigenvalue weighted by Crippen LogP contribution is 2.34. The molecule has 11 heteroatoms. The van der Waals surface area contributed by atoms with Crippen LogP contribution in [-0.4, -0.2) is 73.2 Å². The van der Waals surface area contributed by atoms with Crippen LogP contribution in [0.4, 0.5) is 5.69 Å². The zero-order valence-electron chi connectivity index (χ0n) is 16.9. The summed E-state index contributed by atoms with van der Waals surface area (Å²) in [5.74, 6) is 2.83. The molecule has 0 atom stereocenters. The van der Waals surface area contributed by atoms with Crippen molar-refractivity contribution in [3.63, 3.8) is 0 Å². The number of aryl methyl sites for hydroxylation is 1. The first kappa shape index (κ1) is 22.0. The molecule has 1 saturated heterocycles. The van der Waals surface area contributed by atoms with E-state index in [2.05, 4.69) is 15.4 Å². The van der Waals surface area contributed by atoms with Crippen molar-refractivity contribution in [2.75, 3.05) is 51.5 Å². The lowest BCUT2D eigenvalue weighted by Gasteiger charge is -2.35. The first-order valence-electron chi connectivity index (χ1n) is 9.41. The summed E-state index contributed by atoms with van der Waals surface area (Å²) in [4.78, 5) is 20.5. The number of carbonyl (C=O) groups is 1. The highest BCUT2D eigenvalue weighted by atomic mass is 127. The Hall–Kier alpha value is -2.70. The average Bonchev–Trinajstić information content (AvgIpc) is 3.36. The van der Waals surface area contributed by atoms with Gasteiger partial charge in [0, 0.05) is 39.4 Å². The number of hydrogen-bond acceptors (Lipinski definition) is 6. The van der Waals surface area contributed by atoms with E-state index in [-0.39, 0.29) is 43.2 Å². The number of aromatic nitrogens is 2. The van der Waals surface area contributed by atoms with Crippen LogP contribution in [0.2, 0.25) is 0 Å². The summed E-state index contributed by atoms with van der Waals surface area (Å²) in [7, 11) is 3.54. The van der Waals surface area contributed by atoms with Gasteiger partial charge in [0.25, 0.3) is 0 Å². The third-order valence-electron chi connectivity index (χ3n) is 4.73. The van der Waals surface area contributed by atoms with Crippen molar-refractivity contribution in [3.8, 4) is 17.2 Å². The maximum absolute atomic E-state index is 12.6. The van der Waals surface area contributed by atoms with Gasteiger partial charge in [0.05, 0.1) is 18.4 Å². The van der Waals surface area contributed by atoms with Crippen LogP contribution in [-0.2, 0) is 11.8 Å². The highest BCUT2D eigenvalue weighted by Gasteiger charge is 2.27. The second kappa shape index (κ2) is 9.87. The van der Waals surface area contributed by atoms with Gasteiger partial charge in [-0.3, -0.25) is 14.5 Å². The summed E-state index contributed by atoms with van der Waals surface area (Å²) in [6, 6.07) is 5.49. The molecule has 30 heavy (non-hydrogen) atoms. The van der Waals surface area contributed by atoms with Gasteiger partial charge in [-0.1, -0.05) is 0 Å². The Kier molecular flexibility index (Phi) is 7.24. The molecule has 0 radical (unpaired) electrons. The summed E-state index contributed by atoms with van der Waals surface area (Å²) in [5.41, 5.74) is 0.817. The van der Waals surface area contributed by atoms with Crippen molar-refractivity contribution in [2.24, 2.45) is 12.0 Å². The molecule has 0 aliphatic carbocycles. The fourth-order valence-corrected chi connectivity index (χ4v) is 3.31. The molecule has 2 aliphatic heterocycles. The first-order valence-corrected chi connectivity index (χ1v) is 9.41. The number of anilines is 1. The Labute approximate surface area is 191 Å². The largest absolute Gasteiger partial charge is 0.492 e. The number of carbonyl (C=O) groups excluding carboxylic acids is 1. The summed E-state index contributed by atoms with van der Waals surface area (Å²) < 4.78 is 18.1. The van der Waals surface area contributed by atoms with Crippen molar-refractivity contribution in [1.82, 2.24) is 20.0 Å². The summed E-state index contributed by atoms with van der Waals surface area (Å²) in [6.07, 6.45) is 3.54. The number of aliphatic imine (C=N–C) groups is 1. The molecule has 1 amide bonds. The molecule has 3 heterocycles. The second-order valence-corrected chi connectivity index (χ2v) is 6.68. The van der Waals surface area contributed by atoms with Gasteiger partial charge in [0.1, 0.15) is 18.9 Å². The van der Waals surface area contributed by atoms with Gasteiger partial charge in [-0.25, -0.2) is 0 Å². The molecule has 162 valence electrons. The van der Waals surface area contributed by atoms with E-state index in [9.17, 15) is 4.79 Å².